The van der Waals surface area contributed by atoms with Crippen LogP contribution in [-0.4, -0.2) is 30.9 Å². The number of hydrogen-bond acceptors (Lipinski definition) is 6. The Morgan fingerprint density at radius 2 is 2.14 bits per heavy atom. The third kappa shape index (κ3) is 3.47. The van der Waals surface area contributed by atoms with Gasteiger partial charge in [-0.2, -0.15) is 11.8 Å². The first kappa shape index (κ1) is 16.1. The van der Waals surface area contributed by atoms with E-state index in [2.05, 4.69) is 4.72 Å². The van der Waals surface area contributed by atoms with E-state index < -0.39 is 20.6 Å². The van der Waals surface area contributed by atoms with Crippen molar-refractivity contribution in [1.29, 1.82) is 0 Å². The van der Waals surface area contributed by atoms with Crippen LogP contribution in [0.1, 0.15) is 19.3 Å². The van der Waals surface area contributed by atoms with E-state index in [0.717, 1.165) is 31.4 Å². The molecule has 0 saturated heterocycles. The molecule has 1 aliphatic rings. The zero-order chi connectivity index (χ0) is 15.6. The maximum atomic E-state index is 12.4. The van der Waals surface area contributed by atoms with E-state index in [1.54, 1.807) is 11.8 Å². The Morgan fingerprint density at radius 3 is 2.76 bits per heavy atom. The predicted octanol–water partition coefficient (Wildman–Crippen LogP) is 1.74. The molecule has 2 unspecified atom stereocenters. The van der Waals surface area contributed by atoms with Gasteiger partial charge in [0.25, 0.3) is 5.69 Å². The normalized spacial score (nSPS) is 22.3. The third-order valence-electron chi connectivity index (χ3n) is 3.53. The van der Waals surface area contributed by atoms with Gasteiger partial charge < -0.3 is 5.73 Å². The number of nitrogens with two attached hydrogens (primary N) is 1. The van der Waals surface area contributed by atoms with E-state index in [9.17, 15) is 18.5 Å². The molecule has 1 aliphatic carbocycles. The van der Waals surface area contributed by atoms with Gasteiger partial charge in [0.05, 0.1) is 4.92 Å². The summed E-state index contributed by atoms with van der Waals surface area (Å²) < 4.78 is 27.5. The monoisotopic (exact) mass is 331 g/mol. The minimum atomic E-state index is -3.97. The molecule has 0 spiro atoms. The van der Waals surface area contributed by atoms with Gasteiger partial charge in [-0.25, -0.2) is 13.1 Å². The average Bonchev–Trinajstić information content (AvgIpc) is 2.84. The Morgan fingerprint density at radius 1 is 1.43 bits per heavy atom. The lowest BCUT2D eigenvalue weighted by atomic mass is 10.3. The zero-order valence-corrected chi connectivity index (χ0v) is 13.1. The number of nitrogen functional groups attached to an aromatic ring is 1. The van der Waals surface area contributed by atoms with E-state index in [0.29, 0.717) is 0 Å². The van der Waals surface area contributed by atoms with Crippen LogP contribution < -0.4 is 10.5 Å². The fourth-order valence-electron chi connectivity index (χ4n) is 2.50. The maximum absolute atomic E-state index is 12.4. The van der Waals surface area contributed by atoms with Crippen LogP contribution in [0.15, 0.2) is 23.1 Å². The van der Waals surface area contributed by atoms with Crippen LogP contribution in [0.3, 0.4) is 0 Å². The molecular weight excluding hydrogens is 314 g/mol. The fourth-order valence-corrected chi connectivity index (χ4v) is 5.04. The van der Waals surface area contributed by atoms with Gasteiger partial charge in [-0.1, -0.05) is 6.42 Å². The quantitative estimate of drug-likeness (QED) is 0.482. The zero-order valence-electron chi connectivity index (χ0n) is 11.5. The lowest BCUT2D eigenvalue weighted by Crippen LogP contribution is -2.38. The molecule has 21 heavy (non-hydrogen) atoms. The molecule has 0 bridgehead atoms. The summed E-state index contributed by atoms with van der Waals surface area (Å²) >= 11 is 1.60. The molecule has 2 rings (SSSR count). The third-order valence-corrected chi connectivity index (χ3v) is 6.22. The van der Waals surface area contributed by atoms with Crippen molar-refractivity contribution in [3.8, 4) is 0 Å². The molecule has 0 amide bonds. The summed E-state index contributed by atoms with van der Waals surface area (Å²) in [4.78, 5) is 9.92. The van der Waals surface area contributed by atoms with Crippen molar-refractivity contribution in [3.63, 3.8) is 0 Å². The highest BCUT2D eigenvalue weighted by molar-refractivity contribution is 7.99. The van der Waals surface area contributed by atoms with Crippen molar-refractivity contribution >= 4 is 33.2 Å². The van der Waals surface area contributed by atoms with E-state index in [4.69, 9.17) is 5.73 Å². The summed E-state index contributed by atoms with van der Waals surface area (Å²) in [6.07, 6.45) is 4.55. The number of sulfonamides is 1. The highest BCUT2D eigenvalue weighted by Crippen LogP contribution is 2.31. The largest absolute Gasteiger partial charge is 0.399 e. The van der Waals surface area contributed by atoms with Gasteiger partial charge in [0, 0.05) is 23.0 Å². The second-order valence-electron chi connectivity index (χ2n) is 4.92. The van der Waals surface area contributed by atoms with Crippen molar-refractivity contribution in [2.75, 3.05) is 12.0 Å². The first-order chi connectivity index (χ1) is 9.85. The SMILES string of the molecule is CSC1CCCC1NS(=O)(=O)c1cc(N)ccc1[N+](=O)[O-]. The van der Waals surface area contributed by atoms with Gasteiger partial charge in [0.2, 0.25) is 10.0 Å². The topological polar surface area (TPSA) is 115 Å². The van der Waals surface area contributed by atoms with Crippen LogP contribution in [0.4, 0.5) is 11.4 Å². The molecule has 3 N–H and O–H groups in total. The Hall–Kier alpha value is -1.32. The van der Waals surface area contributed by atoms with Crippen LogP contribution in [-0.2, 0) is 10.0 Å². The number of anilines is 1. The lowest BCUT2D eigenvalue weighted by molar-refractivity contribution is -0.387. The van der Waals surface area contributed by atoms with Gasteiger partial charge >= 0.3 is 0 Å². The number of thioether (sulfide) groups is 1. The van der Waals surface area contributed by atoms with Crippen molar-refractivity contribution < 1.29 is 13.3 Å². The molecule has 0 aliphatic heterocycles. The van der Waals surface area contributed by atoms with Crippen LogP contribution in [0.2, 0.25) is 0 Å². The molecule has 2 atom stereocenters. The maximum Gasteiger partial charge on any atom is 0.289 e. The molecule has 0 aromatic heterocycles. The average molecular weight is 331 g/mol. The minimum Gasteiger partial charge on any atom is -0.399 e. The summed E-state index contributed by atoms with van der Waals surface area (Å²) in [6, 6.07) is 3.36. The van der Waals surface area contributed by atoms with Crippen molar-refractivity contribution in [2.45, 2.75) is 35.4 Å². The summed E-state index contributed by atoms with van der Waals surface area (Å²) in [6.45, 7) is 0. The Balaban J connectivity index is 2.35. The van der Waals surface area contributed by atoms with E-state index in [1.165, 1.54) is 6.07 Å². The lowest BCUT2D eigenvalue weighted by Gasteiger charge is -2.19. The number of nitro benzene ring substituents is 1. The van der Waals surface area contributed by atoms with Crippen LogP contribution in [0.5, 0.6) is 0 Å². The predicted molar refractivity (Wildman–Crippen MR) is 82.8 cm³/mol. The minimum absolute atomic E-state index is 0.175. The fraction of sp³-hybridized carbons (Fsp3) is 0.500. The van der Waals surface area contributed by atoms with Gasteiger partial charge in [0.15, 0.2) is 4.90 Å². The van der Waals surface area contributed by atoms with Gasteiger partial charge in [-0.3, -0.25) is 10.1 Å². The highest BCUT2D eigenvalue weighted by atomic mass is 32.2. The first-order valence-electron chi connectivity index (χ1n) is 6.44. The molecule has 9 heteroatoms. The number of rotatable bonds is 5. The van der Waals surface area contributed by atoms with Gasteiger partial charge in [-0.15, -0.1) is 0 Å². The number of nitrogens with one attached hydrogen (secondary N) is 1. The first-order valence-corrected chi connectivity index (χ1v) is 9.21. The molecular formula is C12H17N3O4S2. The number of hydrogen-bond donors (Lipinski definition) is 2. The highest BCUT2D eigenvalue weighted by Gasteiger charge is 2.33. The summed E-state index contributed by atoms with van der Waals surface area (Å²) in [7, 11) is -3.97. The molecule has 0 heterocycles. The summed E-state index contributed by atoms with van der Waals surface area (Å²) in [5, 5.41) is 11.2. The van der Waals surface area contributed by atoms with Gasteiger partial charge in [0.1, 0.15) is 0 Å². The summed E-state index contributed by atoms with van der Waals surface area (Å²) in [5.74, 6) is 0. The standard InChI is InChI=1S/C12H17N3O4S2/c1-20-11-4-2-3-9(11)14-21(18,19)12-7-8(13)5-6-10(12)15(16)17/h5-7,9,11,14H,2-4,13H2,1H3. The molecule has 1 saturated carbocycles. The molecule has 1 aromatic carbocycles. The second-order valence-corrected chi connectivity index (χ2v) is 7.68. The van der Waals surface area contributed by atoms with Crippen molar-refractivity contribution in [1.82, 2.24) is 4.72 Å². The molecule has 0 radical (unpaired) electrons. The van der Waals surface area contributed by atoms with Crippen molar-refractivity contribution in [3.05, 3.63) is 28.3 Å². The number of benzene rings is 1. The van der Waals surface area contributed by atoms with E-state index in [-0.39, 0.29) is 21.9 Å². The molecule has 7 nitrogen and oxygen atoms in total. The number of nitro groups is 1. The van der Waals surface area contributed by atoms with Gasteiger partial charge in [-0.05, 0) is 31.2 Å². The smallest absolute Gasteiger partial charge is 0.289 e. The van der Waals surface area contributed by atoms with Crippen molar-refractivity contribution in [2.24, 2.45) is 0 Å². The Bertz CT molecular complexity index is 648. The number of nitrogens with zero attached hydrogens (tertiary/aromatic N) is 1. The van der Waals surface area contributed by atoms with Crippen LogP contribution >= 0.6 is 11.8 Å². The Kier molecular flexibility index (Phi) is 4.74. The van der Waals surface area contributed by atoms with Crippen LogP contribution in [0.25, 0.3) is 0 Å². The second kappa shape index (κ2) is 6.20. The van der Waals surface area contributed by atoms with E-state index in [1.807, 2.05) is 6.26 Å². The molecule has 1 aromatic rings. The van der Waals surface area contributed by atoms with E-state index >= 15 is 0 Å². The van der Waals surface area contributed by atoms with Crippen LogP contribution in [0, 0.1) is 10.1 Å². The summed E-state index contributed by atoms with van der Waals surface area (Å²) in [5.41, 5.74) is 5.28. The molecule has 1 fully saturated rings. The molecule has 116 valence electrons. The Labute approximate surface area is 127 Å².